The van der Waals surface area contributed by atoms with E-state index >= 15 is 0 Å². The van der Waals surface area contributed by atoms with E-state index < -0.39 is 0 Å². The quantitative estimate of drug-likeness (QED) is 0.566. The number of nitrogens with zero attached hydrogens (tertiary/aromatic N) is 1. The lowest BCUT2D eigenvalue weighted by Gasteiger charge is -2.29. The van der Waals surface area contributed by atoms with Gasteiger partial charge in [0.25, 0.3) is 0 Å². The second kappa shape index (κ2) is 2.23. The molecule has 13 heavy (non-hydrogen) atoms. The van der Waals surface area contributed by atoms with Gasteiger partial charge in [-0.05, 0) is 18.9 Å². The summed E-state index contributed by atoms with van der Waals surface area (Å²) in [5.41, 5.74) is 1.04. The fourth-order valence-corrected chi connectivity index (χ4v) is 2.66. The summed E-state index contributed by atoms with van der Waals surface area (Å²) >= 11 is 0. The van der Waals surface area contributed by atoms with Crippen molar-refractivity contribution in [2.45, 2.75) is 31.1 Å². The minimum atomic E-state index is -0.179. The van der Waals surface area contributed by atoms with Crippen LogP contribution in [0.2, 0.25) is 0 Å². The summed E-state index contributed by atoms with van der Waals surface area (Å²) < 4.78 is 5.73. The van der Waals surface area contributed by atoms with Crippen LogP contribution in [-0.4, -0.2) is 34.6 Å². The molecule has 0 amide bonds. The lowest BCUT2D eigenvalue weighted by atomic mass is 9.89. The Morgan fingerprint density at radius 3 is 3.38 bits per heavy atom. The fourth-order valence-electron chi connectivity index (χ4n) is 2.66. The highest BCUT2D eigenvalue weighted by atomic mass is 16.6. The van der Waals surface area contributed by atoms with Crippen molar-refractivity contribution in [1.82, 2.24) is 5.06 Å². The monoisotopic (exact) mass is 179 g/mol. The smallest absolute Gasteiger partial charge is 0.141 e. The van der Waals surface area contributed by atoms with Crippen molar-refractivity contribution in [2.75, 3.05) is 6.54 Å². The molecule has 2 aliphatic heterocycles. The molecule has 3 nitrogen and oxygen atoms in total. The molecular weight excluding hydrogens is 166 g/mol. The predicted octanol–water partition coefficient (Wildman–Crippen LogP) is 1.10. The van der Waals surface area contributed by atoms with Crippen molar-refractivity contribution >= 4 is 0 Å². The number of hydrogen-bond acceptors (Lipinski definition) is 3. The van der Waals surface area contributed by atoms with Gasteiger partial charge in [-0.25, -0.2) is 0 Å². The number of epoxide rings is 1. The third-order valence-electron chi connectivity index (χ3n) is 3.36. The van der Waals surface area contributed by atoms with Crippen LogP contribution in [-0.2, 0) is 4.74 Å². The van der Waals surface area contributed by atoms with Gasteiger partial charge in [0.15, 0.2) is 0 Å². The van der Waals surface area contributed by atoms with Gasteiger partial charge in [-0.1, -0.05) is 18.2 Å². The van der Waals surface area contributed by atoms with Crippen molar-refractivity contribution in [3.8, 4) is 0 Å². The summed E-state index contributed by atoms with van der Waals surface area (Å²) in [6.45, 7) is 2.74. The fraction of sp³-hybridized carbons (Fsp3) is 0.600. The van der Waals surface area contributed by atoms with Crippen LogP contribution in [0.3, 0.4) is 0 Å². The first-order valence-corrected chi connectivity index (χ1v) is 4.77. The summed E-state index contributed by atoms with van der Waals surface area (Å²) in [5, 5.41) is 11.1. The van der Waals surface area contributed by atoms with E-state index in [0.717, 1.165) is 13.0 Å². The van der Waals surface area contributed by atoms with Crippen LogP contribution in [0.25, 0.3) is 0 Å². The molecule has 0 bridgehead atoms. The molecule has 0 aromatic carbocycles. The maximum atomic E-state index is 9.66. The molecule has 70 valence electrons. The van der Waals surface area contributed by atoms with E-state index in [2.05, 4.69) is 12.2 Å². The lowest BCUT2D eigenvalue weighted by molar-refractivity contribution is -0.129. The zero-order valence-electron chi connectivity index (χ0n) is 7.60. The SMILES string of the molecule is C/C=C1\C=CC2N(O)CC[C@H]3O[C@@]123. The molecule has 2 saturated heterocycles. The number of allylic oxidation sites excluding steroid dienone is 1. The Balaban J connectivity index is 2.02. The molecule has 1 unspecified atom stereocenters. The van der Waals surface area contributed by atoms with Gasteiger partial charge in [-0.15, -0.1) is 0 Å². The normalized spacial score (nSPS) is 50.8. The molecule has 0 saturated carbocycles. The average Bonchev–Trinajstić information content (AvgIpc) is 2.72. The van der Waals surface area contributed by atoms with E-state index in [4.69, 9.17) is 4.74 Å². The number of hydrogen-bond donors (Lipinski definition) is 1. The third-order valence-corrected chi connectivity index (χ3v) is 3.36. The van der Waals surface area contributed by atoms with Crippen LogP contribution in [0.15, 0.2) is 23.8 Å². The van der Waals surface area contributed by atoms with Crippen molar-refractivity contribution in [2.24, 2.45) is 0 Å². The Hall–Kier alpha value is -0.640. The molecule has 3 heteroatoms. The van der Waals surface area contributed by atoms with E-state index in [0.29, 0.717) is 6.10 Å². The van der Waals surface area contributed by atoms with Gasteiger partial charge in [0.05, 0.1) is 12.1 Å². The molecule has 0 aromatic rings. The average molecular weight is 179 g/mol. The van der Waals surface area contributed by atoms with Crippen molar-refractivity contribution in [3.05, 3.63) is 23.8 Å². The Kier molecular flexibility index (Phi) is 1.33. The van der Waals surface area contributed by atoms with E-state index in [1.807, 2.05) is 13.0 Å². The van der Waals surface area contributed by atoms with E-state index in [1.54, 1.807) is 0 Å². The van der Waals surface area contributed by atoms with Crippen LogP contribution < -0.4 is 0 Å². The van der Waals surface area contributed by atoms with Gasteiger partial charge in [-0.2, -0.15) is 5.06 Å². The highest BCUT2D eigenvalue weighted by molar-refractivity contribution is 5.47. The van der Waals surface area contributed by atoms with Gasteiger partial charge >= 0.3 is 0 Å². The lowest BCUT2D eigenvalue weighted by Crippen LogP contribution is -2.47. The first kappa shape index (κ1) is 7.74. The molecule has 2 fully saturated rings. The first-order valence-electron chi connectivity index (χ1n) is 4.77. The van der Waals surface area contributed by atoms with Crippen molar-refractivity contribution in [1.29, 1.82) is 0 Å². The van der Waals surface area contributed by atoms with Crippen LogP contribution in [0, 0.1) is 0 Å². The Bertz CT molecular complexity index is 310. The molecular formula is C10H13NO2. The van der Waals surface area contributed by atoms with Gasteiger partial charge in [0.2, 0.25) is 0 Å². The van der Waals surface area contributed by atoms with Crippen molar-refractivity contribution < 1.29 is 9.94 Å². The van der Waals surface area contributed by atoms with Crippen LogP contribution in [0.5, 0.6) is 0 Å². The molecule has 1 spiro atoms. The summed E-state index contributed by atoms with van der Waals surface area (Å²) in [6, 6.07) is 0.0532. The van der Waals surface area contributed by atoms with Crippen LogP contribution >= 0.6 is 0 Å². The zero-order valence-corrected chi connectivity index (χ0v) is 7.60. The Labute approximate surface area is 77.2 Å². The maximum absolute atomic E-state index is 9.66. The van der Waals surface area contributed by atoms with Gasteiger partial charge in [0, 0.05) is 6.54 Å². The Morgan fingerprint density at radius 2 is 2.62 bits per heavy atom. The maximum Gasteiger partial charge on any atom is 0.141 e. The number of piperidine rings is 1. The largest absolute Gasteiger partial charge is 0.359 e. The van der Waals surface area contributed by atoms with Crippen LogP contribution in [0.4, 0.5) is 0 Å². The van der Waals surface area contributed by atoms with Gasteiger partial charge in [-0.3, -0.25) is 0 Å². The zero-order chi connectivity index (χ0) is 9.05. The van der Waals surface area contributed by atoms with Crippen molar-refractivity contribution in [3.63, 3.8) is 0 Å². The molecule has 1 N–H and O–H groups in total. The summed E-state index contributed by atoms with van der Waals surface area (Å²) in [6.07, 6.45) is 7.46. The van der Waals surface area contributed by atoms with Gasteiger partial charge < -0.3 is 9.94 Å². The molecule has 2 heterocycles. The Morgan fingerprint density at radius 1 is 1.77 bits per heavy atom. The molecule has 1 aliphatic carbocycles. The predicted molar refractivity (Wildman–Crippen MR) is 47.4 cm³/mol. The topological polar surface area (TPSA) is 36.0 Å². The van der Waals surface area contributed by atoms with Crippen LogP contribution in [0.1, 0.15) is 13.3 Å². The highest BCUT2D eigenvalue weighted by Gasteiger charge is 2.67. The minimum Gasteiger partial charge on any atom is -0.359 e. The number of hydroxylamine groups is 2. The third kappa shape index (κ3) is 0.753. The molecule has 0 radical (unpaired) electrons. The molecule has 3 aliphatic rings. The summed E-state index contributed by atoms with van der Waals surface area (Å²) in [7, 11) is 0. The van der Waals surface area contributed by atoms with Gasteiger partial charge in [0.1, 0.15) is 5.60 Å². The first-order chi connectivity index (χ1) is 6.29. The summed E-state index contributed by atoms with van der Waals surface area (Å²) in [4.78, 5) is 0. The second-order valence-corrected chi connectivity index (χ2v) is 3.90. The molecule has 0 aromatic heterocycles. The highest BCUT2D eigenvalue weighted by Crippen LogP contribution is 2.55. The molecule has 3 atom stereocenters. The van der Waals surface area contributed by atoms with E-state index in [9.17, 15) is 5.21 Å². The van der Waals surface area contributed by atoms with E-state index in [1.165, 1.54) is 10.6 Å². The second-order valence-electron chi connectivity index (χ2n) is 3.90. The minimum absolute atomic E-state index is 0.0532. The summed E-state index contributed by atoms with van der Waals surface area (Å²) in [5.74, 6) is 0. The number of ether oxygens (including phenoxy) is 1. The molecule has 3 rings (SSSR count). The number of rotatable bonds is 0. The standard InChI is InChI=1S/C10H13NO2/c1-2-7-3-4-8-10(7)9(13-10)5-6-11(8)12/h2-4,8-9,12H,5-6H2,1H3/b7-2+/t8?,9-,10+/m1/s1. The van der Waals surface area contributed by atoms with E-state index in [-0.39, 0.29) is 11.6 Å².